The first kappa shape index (κ1) is 17.0. The van der Waals surface area contributed by atoms with Crippen molar-refractivity contribution in [2.75, 3.05) is 18.9 Å². The van der Waals surface area contributed by atoms with Gasteiger partial charge in [-0.15, -0.1) is 0 Å². The van der Waals surface area contributed by atoms with Crippen molar-refractivity contribution in [1.82, 2.24) is 0 Å². The molecule has 0 atom stereocenters. The fraction of sp³-hybridized carbons (Fsp3) is 0.300. The quantitative estimate of drug-likeness (QED) is 0.694. The first-order chi connectivity index (χ1) is 12.1. The van der Waals surface area contributed by atoms with Gasteiger partial charge in [-0.3, -0.25) is 9.59 Å². The molecule has 0 saturated heterocycles. The van der Waals surface area contributed by atoms with Gasteiger partial charge in [-0.2, -0.15) is 0 Å². The van der Waals surface area contributed by atoms with E-state index in [-0.39, 0.29) is 22.7 Å². The highest BCUT2D eigenvalue weighted by atomic mass is 16.5. The van der Waals surface area contributed by atoms with Crippen LogP contribution in [0.2, 0.25) is 0 Å². The number of hydrogen-bond donors (Lipinski definition) is 1. The van der Waals surface area contributed by atoms with Crippen LogP contribution in [0.3, 0.4) is 0 Å². The molecule has 0 aliphatic heterocycles. The monoisotopic (exact) mass is 339 g/mol. The Morgan fingerprint density at radius 3 is 2.16 bits per heavy atom. The maximum atomic E-state index is 13.2. The molecule has 5 heteroatoms. The van der Waals surface area contributed by atoms with E-state index in [2.05, 4.69) is 0 Å². The summed E-state index contributed by atoms with van der Waals surface area (Å²) >= 11 is 0. The van der Waals surface area contributed by atoms with Gasteiger partial charge >= 0.3 is 0 Å². The van der Waals surface area contributed by atoms with Gasteiger partial charge in [0.25, 0.3) is 0 Å². The smallest absolute Gasteiger partial charge is 0.201 e. The number of ether oxygens (including phenoxy) is 2. The molecule has 0 radical (unpaired) electrons. The SMILES string of the molecule is CCCOc1cccc2c1C(=O)c1c(OCCC)cc(N)cc1C2=O. The largest absolute Gasteiger partial charge is 0.493 e. The number of nitrogens with two attached hydrogens (primary N) is 1. The maximum absolute atomic E-state index is 13.2. The second-order valence-electron chi connectivity index (χ2n) is 5.98. The lowest BCUT2D eigenvalue weighted by molar-refractivity contribution is 0.0972. The number of carbonyl (C=O) groups excluding carboxylic acids is 2. The van der Waals surface area contributed by atoms with Gasteiger partial charge in [0, 0.05) is 22.9 Å². The van der Waals surface area contributed by atoms with Crippen LogP contribution >= 0.6 is 0 Å². The topological polar surface area (TPSA) is 78.6 Å². The molecular formula is C20H21NO4. The van der Waals surface area contributed by atoms with Crippen molar-refractivity contribution in [2.45, 2.75) is 26.7 Å². The van der Waals surface area contributed by atoms with E-state index >= 15 is 0 Å². The van der Waals surface area contributed by atoms with Gasteiger partial charge in [-0.05, 0) is 25.0 Å². The summed E-state index contributed by atoms with van der Waals surface area (Å²) in [6, 6.07) is 8.22. The van der Waals surface area contributed by atoms with Gasteiger partial charge in [-0.25, -0.2) is 0 Å². The average Bonchev–Trinajstić information content (AvgIpc) is 2.61. The highest BCUT2D eigenvalue weighted by molar-refractivity contribution is 6.30. The number of benzene rings is 2. The summed E-state index contributed by atoms with van der Waals surface area (Å²) in [5.41, 5.74) is 7.52. The molecule has 0 fully saturated rings. The van der Waals surface area contributed by atoms with E-state index in [1.165, 1.54) is 6.07 Å². The maximum Gasteiger partial charge on any atom is 0.201 e. The highest BCUT2D eigenvalue weighted by Gasteiger charge is 2.35. The highest BCUT2D eigenvalue weighted by Crippen LogP contribution is 2.38. The first-order valence-electron chi connectivity index (χ1n) is 8.50. The minimum absolute atomic E-state index is 0.236. The van der Waals surface area contributed by atoms with Gasteiger partial charge in [0.05, 0.1) is 24.3 Å². The molecule has 2 N–H and O–H groups in total. The molecule has 5 nitrogen and oxygen atoms in total. The normalized spacial score (nSPS) is 12.6. The van der Waals surface area contributed by atoms with Gasteiger partial charge in [0.2, 0.25) is 5.78 Å². The van der Waals surface area contributed by atoms with Crippen LogP contribution in [0, 0.1) is 0 Å². The van der Waals surface area contributed by atoms with Crippen LogP contribution in [-0.2, 0) is 0 Å². The molecule has 130 valence electrons. The molecule has 0 bridgehead atoms. The van der Waals surface area contributed by atoms with Gasteiger partial charge in [-0.1, -0.05) is 26.0 Å². The van der Waals surface area contributed by atoms with E-state index in [1.54, 1.807) is 24.3 Å². The molecular weight excluding hydrogens is 318 g/mol. The molecule has 2 aromatic rings. The summed E-state index contributed by atoms with van der Waals surface area (Å²) in [7, 11) is 0. The summed E-state index contributed by atoms with van der Waals surface area (Å²) in [6.45, 7) is 4.87. The zero-order valence-corrected chi connectivity index (χ0v) is 14.4. The lowest BCUT2D eigenvalue weighted by Gasteiger charge is -2.22. The lowest BCUT2D eigenvalue weighted by Crippen LogP contribution is -2.23. The van der Waals surface area contributed by atoms with Crippen LogP contribution in [0.25, 0.3) is 0 Å². The number of anilines is 1. The molecule has 2 aromatic carbocycles. The summed E-state index contributed by atoms with van der Waals surface area (Å²) in [5, 5.41) is 0. The summed E-state index contributed by atoms with van der Waals surface area (Å²) in [6.07, 6.45) is 1.59. The molecule has 0 amide bonds. The number of rotatable bonds is 6. The predicted octanol–water partition coefficient (Wildman–Crippen LogP) is 3.62. The third kappa shape index (κ3) is 2.97. The lowest BCUT2D eigenvalue weighted by atomic mass is 9.83. The number of carbonyl (C=O) groups is 2. The fourth-order valence-corrected chi connectivity index (χ4v) is 2.93. The van der Waals surface area contributed by atoms with E-state index in [4.69, 9.17) is 15.2 Å². The standard InChI is InChI=1S/C20H21NO4/c1-3-8-24-15-7-5-6-13-17(15)20(23)18-14(19(13)22)10-12(21)11-16(18)25-9-4-2/h5-7,10-11H,3-4,8-9,21H2,1-2H3. The molecule has 1 aliphatic carbocycles. The van der Waals surface area contributed by atoms with Gasteiger partial charge in [0.1, 0.15) is 11.5 Å². The van der Waals surface area contributed by atoms with Crippen LogP contribution in [-0.4, -0.2) is 24.8 Å². The minimum Gasteiger partial charge on any atom is -0.493 e. The van der Waals surface area contributed by atoms with Crippen LogP contribution in [0.5, 0.6) is 11.5 Å². The molecule has 0 unspecified atom stereocenters. The van der Waals surface area contributed by atoms with Crippen molar-refractivity contribution in [3.8, 4) is 11.5 Å². The number of fused-ring (bicyclic) bond motifs is 2. The van der Waals surface area contributed by atoms with E-state index in [0.717, 1.165) is 12.8 Å². The summed E-state index contributed by atoms with van der Waals surface area (Å²) in [5.74, 6) is 0.287. The van der Waals surface area contributed by atoms with Crippen LogP contribution in [0.15, 0.2) is 30.3 Å². The second-order valence-corrected chi connectivity index (χ2v) is 5.98. The molecule has 0 aromatic heterocycles. The molecule has 3 rings (SSSR count). The van der Waals surface area contributed by atoms with Crippen molar-refractivity contribution in [1.29, 1.82) is 0 Å². The van der Waals surface area contributed by atoms with Crippen molar-refractivity contribution < 1.29 is 19.1 Å². The summed E-state index contributed by atoms with van der Waals surface area (Å²) < 4.78 is 11.4. The number of hydrogen-bond acceptors (Lipinski definition) is 5. The van der Waals surface area contributed by atoms with E-state index < -0.39 is 0 Å². The Bertz CT molecular complexity index is 842. The Morgan fingerprint density at radius 1 is 0.840 bits per heavy atom. The Hall–Kier alpha value is -2.82. The average molecular weight is 339 g/mol. The second kappa shape index (κ2) is 6.97. The van der Waals surface area contributed by atoms with Crippen molar-refractivity contribution in [3.05, 3.63) is 52.6 Å². The Labute approximate surface area is 146 Å². The van der Waals surface area contributed by atoms with Crippen LogP contribution in [0.4, 0.5) is 5.69 Å². The minimum atomic E-state index is -0.262. The fourth-order valence-electron chi connectivity index (χ4n) is 2.93. The van der Waals surface area contributed by atoms with Gasteiger partial charge in [0.15, 0.2) is 5.78 Å². The molecule has 1 aliphatic rings. The van der Waals surface area contributed by atoms with E-state index in [9.17, 15) is 9.59 Å². The van der Waals surface area contributed by atoms with E-state index in [1.807, 2.05) is 13.8 Å². The predicted molar refractivity (Wildman–Crippen MR) is 95.7 cm³/mol. The van der Waals surface area contributed by atoms with Crippen LogP contribution < -0.4 is 15.2 Å². The van der Waals surface area contributed by atoms with Crippen molar-refractivity contribution >= 4 is 17.3 Å². The Morgan fingerprint density at radius 2 is 1.48 bits per heavy atom. The third-order valence-corrected chi connectivity index (χ3v) is 4.02. The zero-order chi connectivity index (χ0) is 18.0. The van der Waals surface area contributed by atoms with Crippen molar-refractivity contribution in [2.24, 2.45) is 0 Å². The molecule has 0 heterocycles. The molecule has 25 heavy (non-hydrogen) atoms. The molecule has 0 spiro atoms. The third-order valence-electron chi connectivity index (χ3n) is 4.02. The first-order valence-corrected chi connectivity index (χ1v) is 8.50. The zero-order valence-electron chi connectivity index (χ0n) is 14.4. The number of ketones is 2. The summed E-state index contributed by atoms with van der Waals surface area (Å²) in [4.78, 5) is 26.1. The van der Waals surface area contributed by atoms with E-state index in [0.29, 0.717) is 41.5 Å². The number of nitrogen functional groups attached to an aromatic ring is 1. The van der Waals surface area contributed by atoms with Crippen LogP contribution in [0.1, 0.15) is 58.5 Å². The molecule has 0 saturated carbocycles. The Balaban J connectivity index is 2.17. The van der Waals surface area contributed by atoms with Gasteiger partial charge < -0.3 is 15.2 Å². The Kier molecular flexibility index (Phi) is 4.74. The van der Waals surface area contributed by atoms with Crippen molar-refractivity contribution in [3.63, 3.8) is 0 Å².